The molecule has 2 N–H and O–H groups in total. The predicted octanol–water partition coefficient (Wildman–Crippen LogP) is 4.65. The van der Waals surface area contributed by atoms with Crippen molar-refractivity contribution in [1.82, 2.24) is 10.2 Å². The van der Waals surface area contributed by atoms with Crippen molar-refractivity contribution < 1.29 is 18.0 Å². The molecular formula is C17H14F3N3OS. The number of aryl methyl sites for hydroxylation is 1. The summed E-state index contributed by atoms with van der Waals surface area (Å²) < 4.78 is 38.0. The molecule has 2 heterocycles. The molecule has 0 saturated carbocycles. The number of hydrogen-bond acceptors (Lipinski definition) is 3. The summed E-state index contributed by atoms with van der Waals surface area (Å²) in [5.74, 6) is -0.208. The molecule has 0 aliphatic heterocycles. The molecule has 8 heteroatoms. The van der Waals surface area contributed by atoms with Gasteiger partial charge >= 0.3 is 6.18 Å². The van der Waals surface area contributed by atoms with E-state index in [1.807, 2.05) is 17.5 Å². The highest BCUT2D eigenvalue weighted by atomic mass is 32.1. The van der Waals surface area contributed by atoms with Crippen molar-refractivity contribution in [1.29, 1.82) is 0 Å². The number of nitrogens with zero attached hydrogens (tertiary/aromatic N) is 1. The topological polar surface area (TPSA) is 57.8 Å². The third kappa shape index (κ3) is 3.90. The first kappa shape index (κ1) is 17.2. The Bertz CT molecular complexity index is 868. The van der Waals surface area contributed by atoms with E-state index in [9.17, 15) is 18.0 Å². The van der Waals surface area contributed by atoms with Crippen LogP contribution in [0, 0.1) is 6.92 Å². The minimum atomic E-state index is -4.39. The maximum Gasteiger partial charge on any atom is 0.416 e. The Morgan fingerprint density at radius 1 is 1.24 bits per heavy atom. The number of hydrogen-bond donors (Lipinski definition) is 2. The number of thiophene rings is 1. The van der Waals surface area contributed by atoms with Crippen LogP contribution in [0.4, 0.5) is 18.9 Å². The van der Waals surface area contributed by atoms with Crippen LogP contribution in [0.5, 0.6) is 0 Å². The summed E-state index contributed by atoms with van der Waals surface area (Å²) in [4.78, 5) is 13.1. The summed E-state index contributed by atoms with van der Waals surface area (Å²) >= 11 is 1.48. The number of H-pyrrole nitrogens is 1. The second-order valence-corrected chi connectivity index (χ2v) is 6.48. The van der Waals surface area contributed by atoms with E-state index in [0.29, 0.717) is 22.6 Å². The minimum absolute atomic E-state index is 0.208. The molecule has 4 nitrogen and oxygen atoms in total. The predicted molar refractivity (Wildman–Crippen MR) is 90.4 cm³/mol. The van der Waals surface area contributed by atoms with Gasteiger partial charge in [-0.1, -0.05) is 18.2 Å². The molecular weight excluding hydrogens is 351 g/mol. The monoisotopic (exact) mass is 365 g/mol. The van der Waals surface area contributed by atoms with Crippen LogP contribution in [-0.2, 0) is 17.4 Å². The standard InChI is InChI=1S/C17H14F3N3OS/c1-10-15(21-14(24)9-13-3-2-8-25-13)16(23-22-10)11-4-6-12(7-5-11)17(18,19)20/h2-8H,9H2,1H3,(H,21,24)(H,22,23). The van der Waals surface area contributed by atoms with Gasteiger partial charge in [-0.25, -0.2) is 0 Å². The summed E-state index contributed by atoms with van der Waals surface area (Å²) in [6, 6.07) is 8.40. The van der Waals surface area contributed by atoms with Crippen molar-refractivity contribution in [3.05, 3.63) is 57.9 Å². The molecule has 0 bridgehead atoms. The number of carbonyl (C=O) groups excluding carboxylic acids is 1. The lowest BCUT2D eigenvalue weighted by atomic mass is 10.1. The van der Waals surface area contributed by atoms with E-state index in [-0.39, 0.29) is 12.3 Å². The SMILES string of the molecule is Cc1[nH]nc(-c2ccc(C(F)(F)F)cc2)c1NC(=O)Cc1cccs1. The molecule has 25 heavy (non-hydrogen) atoms. The summed E-state index contributed by atoms with van der Waals surface area (Å²) in [5, 5.41) is 11.6. The normalized spacial score (nSPS) is 11.5. The number of carbonyl (C=O) groups is 1. The number of anilines is 1. The highest BCUT2D eigenvalue weighted by Gasteiger charge is 2.30. The Hall–Kier alpha value is -2.61. The fraction of sp³-hybridized carbons (Fsp3) is 0.176. The van der Waals surface area contributed by atoms with Crippen LogP contribution in [0.2, 0.25) is 0 Å². The first-order valence-electron chi connectivity index (χ1n) is 7.39. The smallest absolute Gasteiger partial charge is 0.322 e. The van der Waals surface area contributed by atoms with Crippen LogP contribution < -0.4 is 5.32 Å². The fourth-order valence-corrected chi connectivity index (χ4v) is 3.07. The highest BCUT2D eigenvalue weighted by Crippen LogP contribution is 2.33. The Morgan fingerprint density at radius 3 is 2.56 bits per heavy atom. The molecule has 1 aromatic carbocycles. The van der Waals surface area contributed by atoms with Crippen molar-refractivity contribution >= 4 is 22.9 Å². The molecule has 0 unspecified atom stereocenters. The Balaban J connectivity index is 1.83. The van der Waals surface area contributed by atoms with Gasteiger partial charge in [-0.3, -0.25) is 9.89 Å². The molecule has 0 saturated heterocycles. The van der Waals surface area contributed by atoms with Crippen LogP contribution in [-0.4, -0.2) is 16.1 Å². The zero-order valence-electron chi connectivity index (χ0n) is 13.1. The molecule has 2 aromatic heterocycles. The first-order chi connectivity index (χ1) is 11.8. The maximum atomic E-state index is 12.7. The largest absolute Gasteiger partial charge is 0.416 e. The van der Waals surface area contributed by atoms with Crippen molar-refractivity contribution in [3.63, 3.8) is 0 Å². The summed E-state index contributed by atoms with van der Waals surface area (Å²) in [6.45, 7) is 1.74. The van der Waals surface area contributed by atoms with Crippen LogP contribution in [0.3, 0.4) is 0 Å². The van der Waals surface area contributed by atoms with E-state index in [2.05, 4.69) is 15.5 Å². The van der Waals surface area contributed by atoms with Gasteiger partial charge < -0.3 is 5.32 Å². The number of rotatable bonds is 4. The van der Waals surface area contributed by atoms with Gasteiger partial charge in [-0.15, -0.1) is 11.3 Å². The Labute approximate surface area is 145 Å². The Kier molecular flexibility index (Phi) is 4.63. The van der Waals surface area contributed by atoms with Crippen molar-refractivity contribution in [2.24, 2.45) is 0 Å². The lowest BCUT2D eigenvalue weighted by Crippen LogP contribution is -2.14. The lowest BCUT2D eigenvalue weighted by Gasteiger charge is -2.09. The third-order valence-corrected chi connectivity index (χ3v) is 4.49. The number of benzene rings is 1. The average molecular weight is 365 g/mol. The summed E-state index contributed by atoms with van der Waals surface area (Å²) in [6.07, 6.45) is -4.16. The highest BCUT2D eigenvalue weighted by molar-refractivity contribution is 7.10. The molecule has 3 rings (SSSR count). The van der Waals surface area contributed by atoms with Gasteiger partial charge in [0, 0.05) is 10.4 Å². The Morgan fingerprint density at radius 2 is 1.96 bits per heavy atom. The van der Waals surface area contributed by atoms with E-state index in [0.717, 1.165) is 17.0 Å². The van der Waals surface area contributed by atoms with Gasteiger partial charge in [-0.05, 0) is 30.5 Å². The molecule has 0 aliphatic carbocycles. The number of aromatic nitrogens is 2. The zero-order chi connectivity index (χ0) is 18.0. The van der Waals surface area contributed by atoms with Crippen molar-refractivity contribution in [3.8, 4) is 11.3 Å². The second-order valence-electron chi connectivity index (χ2n) is 5.45. The quantitative estimate of drug-likeness (QED) is 0.707. The molecule has 0 atom stereocenters. The molecule has 0 aliphatic rings. The van der Waals surface area contributed by atoms with Gasteiger partial charge in [-0.2, -0.15) is 18.3 Å². The molecule has 1 amide bonds. The first-order valence-corrected chi connectivity index (χ1v) is 8.27. The lowest BCUT2D eigenvalue weighted by molar-refractivity contribution is -0.137. The van der Waals surface area contributed by atoms with Crippen molar-refractivity contribution in [2.45, 2.75) is 19.5 Å². The van der Waals surface area contributed by atoms with Gasteiger partial charge in [0.15, 0.2) is 0 Å². The molecule has 3 aromatic rings. The van der Waals surface area contributed by atoms with Gasteiger partial charge in [0.1, 0.15) is 5.69 Å². The van der Waals surface area contributed by atoms with Gasteiger partial charge in [0.2, 0.25) is 5.91 Å². The second kappa shape index (κ2) is 6.72. The number of amides is 1. The number of nitrogens with one attached hydrogen (secondary N) is 2. The van der Waals surface area contributed by atoms with Crippen LogP contribution in [0.1, 0.15) is 16.1 Å². The molecule has 130 valence electrons. The van der Waals surface area contributed by atoms with Gasteiger partial charge in [0.25, 0.3) is 0 Å². The van der Waals surface area contributed by atoms with E-state index in [1.54, 1.807) is 6.92 Å². The molecule has 0 fully saturated rings. The minimum Gasteiger partial charge on any atom is -0.322 e. The summed E-state index contributed by atoms with van der Waals surface area (Å²) in [7, 11) is 0. The van der Waals surface area contributed by atoms with E-state index >= 15 is 0 Å². The van der Waals surface area contributed by atoms with Crippen LogP contribution in [0.15, 0.2) is 41.8 Å². The van der Waals surface area contributed by atoms with Crippen LogP contribution in [0.25, 0.3) is 11.3 Å². The van der Waals surface area contributed by atoms with E-state index in [1.165, 1.54) is 23.5 Å². The molecule has 0 radical (unpaired) electrons. The van der Waals surface area contributed by atoms with Crippen molar-refractivity contribution in [2.75, 3.05) is 5.32 Å². The van der Waals surface area contributed by atoms with E-state index in [4.69, 9.17) is 0 Å². The fourth-order valence-electron chi connectivity index (χ4n) is 2.36. The van der Waals surface area contributed by atoms with Crippen LogP contribution >= 0.6 is 11.3 Å². The van der Waals surface area contributed by atoms with E-state index < -0.39 is 11.7 Å². The average Bonchev–Trinajstić information content (AvgIpc) is 3.18. The van der Waals surface area contributed by atoms with Gasteiger partial charge in [0.05, 0.1) is 23.4 Å². The number of halogens is 3. The number of aromatic amines is 1. The maximum absolute atomic E-state index is 12.7. The zero-order valence-corrected chi connectivity index (χ0v) is 14.0. The number of alkyl halides is 3. The summed E-state index contributed by atoms with van der Waals surface area (Å²) in [5.41, 5.74) is 1.28. The third-order valence-electron chi connectivity index (χ3n) is 3.61. The molecule has 0 spiro atoms.